The molecule has 158 valence electrons. The van der Waals surface area contributed by atoms with Gasteiger partial charge >= 0.3 is 6.18 Å². The van der Waals surface area contributed by atoms with Crippen molar-refractivity contribution in [1.29, 1.82) is 0 Å². The maximum absolute atomic E-state index is 12.8. The highest BCUT2D eigenvalue weighted by Gasteiger charge is 2.53. The second kappa shape index (κ2) is 7.37. The van der Waals surface area contributed by atoms with Crippen LogP contribution in [-0.2, 0) is 15.8 Å². The molecule has 4 heterocycles. The topological polar surface area (TPSA) is 65.5 Å². The van der Waals surface area contributed by atoms with Gasteiger partial charge in [-0.1, -0.05) is 0 Å². The summed E-state index contributed by atoms with van der Waals surface area (Å²) in [5, 5.41) is 3.07. The third kappa shape index (κ3) is 3.91. The SMILES string of the molecule is C[C@@]12CCC(=O)N1[C@H](C(=O)NC1CCN(c3ccc(C(F)(F)F)cn3)CC1)CS2. The standard InChI is InChI=1S/C19H23F3N4O2S/c1-18-7-4-16(27)26(18)14(11-29-18)17(28)24-13-5-8-25(9-6-13)15-3-2-12(10-23-15)19(20,21)22/h2-3,10,13-14H,4-9,11H2,1H3,(H,24,28)/t14-,18+/m0/s1. The average Bonchev–Trinajstić information content (AvgIpc) is 3.18. The molecule has 1 aromatic heterocycles. The molecule has 0 spiro atoms. The van der Waals surface area contributed by atoms with Gasteiger partial charge in [0.2, 0.25) is 11.8 Å². The molecule has 2 atom stereocenters. The molecule has 0 saturated carbocycles. The summed E-state index contributed by atoms with van der Waals surface area (Å²) in [4.78, 5) is 32.3. The number of hydrogen-bond donors (Lipinski definition) is 1. The van der Waals surface area contributed by atoms with Gasteiger partial charge in [-0.05, 0) is 38.3 Å². The second-order valence-electron chi connectivity index (χ2n) is 7.94. The summed E-state index contributed by atoms with van der Waals surface area (Å²) in [5.74, 6) is 1.05. The van der Waals surface area contributed by atoms with Gasteiger partial charge in [0.25, 0.3) is 0 Å². The largest absolute Gasteiger partial charge is 0.417 e. The zero-order valence-electron chi connectivity index (χ0n) is 16.0. The molecule has 4 rings (SSSR count). The Balaban J connectivity index is 1.31. The number of carbonyl (C=O) groups excluding carboxylic acids is 2. The minimum Gasteiger partial charge on any atom is -0.356 e. The number of carbonyl (C=O) groups is 2. The Bertz CT molecular complexity index is 796. The zero-order chi connectivity index (χ0) is 20.8. The molecule has 2 amide bonds. The van der Waals surface area contributed by atoms with Crippen molar-refractivity contribution in [2.75, 3.05) is 23.7 Å². The maximum Gasteiger partial charge on any atom is 0.417 e. The highest BCUT2D eigenvalue weighted by Crippen LogP contribution is 2.47. The van der Waals surface area contributed by atoms with Crippen LogP contribution in [0.5, 0.6) is 0 Å². The number of rotatable bonds is 3. The van der Waals surface area contributed by atoms with Gasteiger partial charge in [-0.25, -0.2) is 4.98 Å². The molecule has 1 N–H and O–H groups in total. The van der Waals surface area contributed by atoms with Crippen LogP contribution in [-0.4, -0.2) is 57.5 Å². The molecule has 3 saturated heterocycles. The fourth-order valence-electron chi connectivity index (χ4n) is 4.31. The van der Waals surface area contributed by atoms with E-state index in [1.807, 2.05) is 11.8 Å². The normalized spacial score (nSPS) is 28.0. The molecule has 3 aliphatic heterocycles. The number of piperidine rings is 1. The number of hydrogen-bond acceptors (Lipinski definition) is 5. The van der Waals surface area contributed by atoms with Crippen molar-refractivity contribution in [2.45, 2.75) is 55.7 Å². The van der Waals surface area contributed by atoms with E-state index in [9.17, 15) is 22.8 Å². The first-order valence-corrected chi connectivity index (χ1v) is 10.7. The lowest BCUT2D eigenvalue weighted by Crippen LogP contribution is -2.53. The summed E-state index contributed by atoms with van der Waals surface area (Å²) < 4.78 is 38.0. The molecule has 3 aliphatic rings. The Kier molecular flexibility index (Phi) is 5.16. The smallest absolute Gasteiger partial charge is 0.356 e. The zero-order valence-corrected chi connectivity index (χ0v) is 16.9. The molecule has 0 aromatic carbocycles. The van der Waals surface area contributed by atoms with Crippen molar-refractivity contribution in [1.82, 2.24) is 15.2 Å². The maximum atomic E-state index is 12.8. The molecule has 0 aliphatic carbocycles. The summed E-state index contributed by atoms with van der Waals surface area (Å²) in [6.07, 6.45) is -0.914. The van der Waals surface area contributed by atoms with Crippen molar-refractivity contribution < 1.29 is 22.8 Å². The number of nitrogens with one attached hydrogen (secondary N) is 1. The summed E-state index contributed by atoms with van der Waals surface area (Å²) in [6.45, 7) is 3.22. The van der Waals surface area contributed by atoms with Gasteiger partial charge in [-0.3, -0.25) is 9.59 Å². The van der Waals surface area contributed by atoms with Crippen LogP contribution >= 0.6 is 11.8 Å². The molecule has 1 aromatic rings. The van der Waals surface area contributed by atoms with Crippen molar-refractivity contribution >= 4 is 29.4 Å². The molecule has 0 bridgehead atoms. The average molecular weight is 428 g/mol. The number of aromatic nitrogens is 1. The predicted octanol–water partition coefficient (Wildman–Crippen LogP) is 2.64. The third-order valence-corrected chi connectivity index (χ3v) is 7.49. The summed E-state index contributed by atoms with van der Waals surface area (Å²) in [6, 6.07) is 1.99. The van der Waals surface area contributed by atoms with Crippen LogP contribution in [0, 0.1) is 0 Å². The third-order valence-electron chi connectivity index (χ3n) is 5.99. The van der Waals surface area contributed by atoms with Crippen LogP contribution in [0.2, 0.25) is 0 Å². The van der Waals surface area contributed by atoms with Gasteiger partial charge < -0.3 is 15.1 Å². The van der Waals surface area contributed by atoms with E-state index < -0.39 is 17.8 Å². The van der Waals surface area contributed by atoms with Crippen LogP contribution < -0.4 is 10.2 Å². The minimum absolute atomic E-state index is 0.0113. The first-order valence-electron chi connectivity index (χ1n) is 9.72. The summed E-state index contributed by atoms with van der Waals surface area (Å²) >= 11 is 1.67. The van der Waals surface area contributed by atoms with Gasteiger partial charge in [-0.15, -0.1) is 11.8 Å². The van der Waals surface area contributed by atoms with E-state index in [-0.39, 0.29) is 22.7 Å². The number of nitrogens with zero attached hydrogens (tertiary/aromatic N) is 3. The number of halogens is 3. The van der Waals surface area contributed by atoms with Crippen LogP contribution in [0.4, 0.5) is 19.0 Å². The van der Waals surface area contributed by atoms with Crippen LogP contribution in [0.15, 0.2) is 18.3 Å². The number of alkyl halides is 3. The van der Waals surface area contributed by atoms with E-state index in [1.54, 1.807) is 16.7 Å². The molecule has 10 heteroatoms. The Labute approximate surface area is 171 Å². The van der Waals surface area contributed by atoms with E-state index in [0.29, 0.717) is 43.9 Å². The number of fused-ring (bicyclic) bond motifs is 1. The fourth-order valence-corrected chi connectivity index (χ4v) is 5.74. The van der Waals surface area contributed by atoms with E-state index in [2.05, 4.69) is 10.3 Å². The highest BCUT2D eigenvalue weighted by molar-refractivity contribution is 8.01. The predicted molar refractivity (Wildman–Crippen MR) is 103 cm³/mol. The van der Waals surface area contributed by atoms with Gasteiger partial charge in [0.05, 0.1) is 10.4 Å². The Morgan fingerprint density at radius 2 is 2.03 bits per heavy atom. The molecule has 29 heavy (non-hydrogen) atoms. The quantitative estimate of drug-likeness (QED) is 0.802. The lowest BCUT2D eigenvalue weighted by molar-refractivity contribution is -0.138. The Morgan fingerprint density at radius 1 is 1.31 bits per heavy atom. The lowest BCUT2D eigenvalue weighted by Gasteiger charge is -2.35. The number of amides is 2. The van der Waals surface area contributed by atoms with Gasteiger partial charge in [0.1, 0.15) is 11.9 Å². The van der Waals surface area contributed by atoms with E-state index in [4.69, 9.17) is 0 Å². The van der Waals surface area contributed by atoms with E-state index in [0.717, 1.165) is 18.7 Å². The Hall–Kier alpha value is -1.97. The highest BCUT2D eigenvalue weighted by atomic mass is 32.2. The summed E-state index contributed by atoms with van der Waals surface area (Å²) in [7, 11) is 0. The molecule has 0 unspecified atom stereocenters. The molecular weight excluding hydrogens is 405 g/mol. The minimum atomic E-state index is -4.39. The fraction of sp³-hybridized carbons (Fsp3) is 0.632. The van der Waals surface area contributed by atoms with E-state index >= 15 is 0 Å². The van der Waals surface area contributed by atoms with Gasteiger partial charge in [-0.2, -0.15) is 13.2 Å². The molecular formula is C19H23F3N4O2S. The monoisotopic (exact) mass is 428 g/mol. The van der Waals surface area contributed by atoms with Crippen molar-refractivity contribution in [3.8, 4) is 0 Å². The lowest BCUT2D eigenvalue weighted by atomic mass is 10.0. The van der Waals surface area contributed by atoms with Gasteiger partial charge in [0.15, 0.2) is 0 Å². The van der Waals surface area contributed by atoms with Crippen LogP contribution in [0.3, 0.4) is 0 Å². The number of pyridine rings is 1. The number of thioether (sulfide) groups is 1. The van der Waals surface area contributed by atoms with Gasteiger partial charge in [0, 0.05) is 37.5 Å². The summed E-state index contributed by atoms with van der Waals surface area (Å²) in [5.41, 5.74) is -0.763. The number of anilines is 1. The molecule has 3 fully saturated rings. The second-order valence-corrected chi connectivity index (χ2v) is 9.44. The van der Waals surface area contributed by atoms with Crippen LogP contribution in [0.1, 0.15) is 38.2 Å². The first-order chi connectivity index (χ1) is 13.7. The first kappa shape index (κ1) is 20.3. The van der Waals surface area contributed by atoms with Crippen molar-refractivity contribution in [2.24, 2.45) is 0 Å². The van der Waals surface area contributed by atoms with Crippen molar-refractivity contribution in [3.05, 3.63) is 23.9 Å². The van der Waals surface area contributed by atoms with Crippen molar-refractivity contribution in [3.63, 3.8) is 0 Å². The molecule has 6 nitrogen and oxygen atoms in total. The molecule has 0 radical (unpaired) electrons. The van der Waals surface area contributed by atoms with Crippen LogP contribution in [0.25, 0.3) is 0 Å². The Morgan fingerprint density at radius 3 is 2.66 bits per heavy atom. The van der Waals surface area contributed by atoms with E-state index in [1.165, 1.54) is 6.07 Å².